The molecule has 0 fully saturated rings. The van der Waals surface area contributed by atoms with E-state index in [9.17, 15) is 14.7 Å². The SMILES string of the molecule is O=C(Oc1ccccc1-c1coc(=O)c(SCCc2ccccc2)c1O)c1ccccc1. The Morgan fingerprint density at radius 3 is 2.28 bits per heavy atom. The van der Waals surface area contributed by atoms with Crippen LogP contribution in [0.5, 0.6) is 11.5 Å². The summed E-state index contributed by atoms with van der Waals surface area (Å²) < 4.78 is 10.8. The summed E-state index contributed by atoms with van der Waals surface area (Å²) in [6.07, 6.45) is 1.92. The third-order valence-electron chi connectivity index (χ3n) is 4.81. The lowest BCUT2D eigenvalue weighted by molar-refractivity contribution is 0.0735. The number of para-hydroxylation sites is 1. The Morgan fingerprint density at radius 1 is 0.875 bits per heavy atom. The summed E-state index contributed by atoms with van der Waals surface area (Å²) in [4.78, 5) is 24.9. The quantitative estimate of drug-likeness (QED) is 0.228. The van der Waals surface area contributed by atoms with E-state index in [0.717, 1.165) is 12.0 Å². The molecule has 0 amide bonds. The molecular weight excluding hydrogens is 424 g/mol. The van der Waals surface area contributed by atoms with Crippen LogP contribution in [0.25, 0.3) is 11.1 Å². The highest BCUT2D eigenvalue weighted by molar-refractivity contribution is 7.99. The molecule has 0 saturated carbocycles. The van der Waals surface area contributed by atoms with Crippen molar-refractivity contribution < 1.29 is 19.1 Å². The molecule has 0 atom stereocenters. The fraction of sp³-hybridized carbons (Fsp3) is 0.0769. The Bertz CT molecular complexity index is 1270. The number of aryl methyl sites for hydroxylation is 1. The van der Waals surface area contributed by atoms with Crippen molar-refractivity contribution in [3.8, 4) is 22.6 Å². The third kappa shape index (κ3) is 4.92. The first-order valence-electron chi connectivity index (χ1n) is 10.0. The molecule has 32 heavy (non-hydrogen) atoms. The highest BCUT2D eigenvalue weighted by Gasteiger charge is 2.20. The molecule has 6 heteroatoms. The summed E-state index contributed by atoms with van der Waals surface area (Å²) in [7, 11) is 0. The normalized spacial score (nSPS) is 10.6. The highest BCUT2D eigenvalue weighted by Crippen LogP contribution is 2.39. The van der Waals surface area contributed by atoms with E-state index in [0.29, 0.717) is 16.9 Å². The van der Waals surface area contributed by atoms with Crippen molar-refractivity contribution in [2.24, 2.45) is 0 Å². The second-order valence-corrected chi connectivity index (χ2v) is 8.06. The van der Waals surface area contributed by atoms with Crippen LogP contribution in [-0.4, -0.2) is 16.8 Å². The van der Waals surface area contributed by atoms with Gasteiger partial charge >= 0.3 is 11.6 Å². The molecule has 1 heterocycles. The molecule has 0 aliphatic heterocycles. The molecule has 0 unspecified atom stereocenters. The van der Waals surface area contributed by atoms with E-state index in [1.807, 2.05) is 36.4 Å². The number of esters is 1. The van der Waals surface area contributed by atoms with Crippen molar-refractivity contribution in [1.82, 2.24) is 0 Å². The fourth-order valence-corrected chi connectivity index (χ4v) is 4.14. The minimum absolute atomic E-state index is 0.127. The van der Waals surface area contributed by atoms with Crippen LogP contribution in [-0.2, 0) is 6.42 Å². The summed E-state index contributed by atoms with van der Waals surface area (Å²) in [6.45, 7) is 0. The van der Waals surface area contributed by atoms with Crippen molar-refractivity contribution in [2.75, 3.05) is 5.75 Å². The maximum absolute atomic E-state index is 12.5. The van der Waals surface area contributed by atoms with Crippen LogP contribution in [0.15, 0.2) is 105 Å². The van der Waals surface area contributed by atoms with Gasteiger partial charge in [-0.3, -0.25) is 0 Å². The van der Waals surface area contributed by atoms with Gasteiger partial charge in [0, 0.05) is 11.3 Å². The number of carbonyl (C=O) groups is 1. The molecule has 1 aromatic heterocycles. The fourth-order valence-electron chi connectivity index (χ4n) is 3.19. The molecule has 4 aromatic rings. The Kier molecular flexibility index (Phi) is 6.72. The summed E-state index contributed by atoms with van der Waals surface area (Å²) in [6, 6.07) is 25.3. The number of benzene rings is 3. The molecule has 0 spiro atoms. The molecule has 4 rings (SSSR count). The van der Waals surface area contributed by atoms with E-state index in [-0.39, 0.29) is 22.0 Å². The molecule has 3 aromatic carbocycles. The van der Waals surface area contributed by atoms with Gasteiger partial charge in [0.25, 0.3) is 0 Å². The topological polar surface area (TPSA) is 76.7 Å². The monoisotopic (exact) mass is 444 g/mol. The smallest absolute Gasteiger partial charge is 0.353 e. The molecule has 0 saturated heterocycles. The van der Waals surface area contributed by atoms with Gasteiger partial charge in [0.1, 0.15) is 22.7 Å². The van der Waals surface area contributed by atoms with Gasteiger partial charge in [0.05, 0.1) is 11.1 Å². The summed E-state index contributed by atoms with van der Waals surface area (Å²) >= 11 is 1.23. The van der Waals surface area contributed by atoms with E-state index in [4.69, 9.17) is 9.15 Å². The Morgan fingerprint density at radius 2 is 1.53 bits per heavy atom. The molecule has 160 valence electrons. The molecule has 0 aliphatic carbocycles. The zero-order chi connectivity index (χ0) is 22.3. The van der Waals surface area contributed by atoms with E-state index in [2.05, 4.69) is 0 Å². The number of aromatic hydroxyl groups is 1. The number of ether oxygens (including phenoxy) is 1. The summed E-state index contributed by atoms with van der Waals surface area (Å²) in [5.74, 6) is 0.136. The van der Waals surface area contributed by atoms with Gasteiger partial charge in [-0.05, 0) is 30.2 Å². The van der Waals surface area contributed by atoms with Gasteiger partial charge in [0.15, 0.2) is 0 Å². The van der Waals surface area contributed by atoms with Crippen LogP contribution < -0.4 is 10.4 Å². The molecule has 1 N–H and O–H groups in total. The average molecular weight is 445 g/mol. The molecule has 0 aliphatic rings. The highest BCUT2D eigenvalue weighted by atomic mass is 32.2. The largest absolute Gasteiger partial charge is 0.506 e. The molecular formula is C26H20O5S. The predicted octanol–water partition coefficient (Wildman–Crippen LogP) is 5.57. The maximum atomic E-state index is 12.5. The van der Waals surface area contributed by atoms with Crippen molar-refractivity contribution in [2.45, 2.75) is 11.3 Å². The number of carbonyl (C=O) groups excluding carboxylic acids is 1. The number of thioether (sulfide) groups is 1. The second-order valence-electron chi connectivity index (χ2n) is 6.95. The van der Waals surface area contributed by atoms with Crippen LogP contribution in [0.1, 0.15) is 15.9 Å². The molecule has 0 bridgehead atoms. The predicted molar refractivity (Wildman–Crippen MR) is 124 cm³/mol. The van der Waals surface area contributed by atoms with Crippen LogP contribution in [0.2, 0.25) is 0 Å². The van der Waals surface area contributed by atoms with Gasteiger partial charge in [-0.25, -0.2) is 9.59 Å². The lowest BCUT2D eigenvalue weighted by Gasteiger charge is -2.12. The van der Waals surface area contributed by atoms with E-state index in [1.54, 1.807) is 48.5 Å². The average Bonchev–Trinajstić information content (AvgIpc) is 2.83. The minimum atomic E-state index is -0.608. The first kappa shape index (κ1) is 21.5. The lowest BCUT2D eigenvalue weighted by Crippen LogP contribution is -2.09. The van der Waals surface area contributed by atoms with Gasteiger partial charge in [0.2, 0.25) is 0 Å². The van der Waals surface area contributed by atoms with Gasteiger partial charge in [-0.1, -0.05) is 66.7 Å². The van der Waals surface area contributed by atoms with E-state index in [1.165, 1.54) is 18.0 Å². The minimum Gasteiger partial charge on any atom is -0.506 e. The van der Waals surface area contributed by atoms with Crippen LogP contribution in [0.4, 0.5) is 0 Å². The zero-order valence-corrected chi connectivity index (χ0v) is 17.9. The Hall–Kier alpha value is -3.77. The van der Waals surface area contributed by atoms with Crippen LogP contribution >= 0.6 is 11.8 Å². The first-order valence-corrected chi connectivity index (χ1v) is 11.0. The number of hydrogen-bond acceptors (Lipinski definition) is 6. The first-order chi connectivity index (χ1) is 15.6. The summed E-state index contributed by atoms with van der Waals surface area (Å²) in [5.41, 5.74) is 1.66. The van der Waals surface area contributed by atoms with Crippen LogP contribution in [0, 0.1) is 0 Å². The summed E-state index contributed by atoms with van der Waals surface area (Å²) in [5, 5.41) is 10.9. The van der Waals surface area contributed by atoms with Crippen molar-refractivity contribution >= 4 is 17.7 Å². The van der Waals surface area contributed by atoms with Gasteiger partial charge in [-0.15, -0.1) is 11.8 Å². The third-order valence-corrected chi connectivity index (χ3v) is 5.87. The zero-order valence-electron chi connectivity index (χ0n) is 17.1. The molecule has 5 nitrogen and oxygen atoms in total. The van der Waals surface area contributed by atoms with Crippen molar-refractivity contribution in [1.29, 1.82) is 0 Å². The van der Waals surface area contributed by atoms with Crippen molar-refractivity contribution in [3.63, 3.8) is 0 Å². The number of hydrogen-bond donors (Lipinski definition) is 1. The standard InChI is InChI=1S/C26H20O5S/c27-23-21(17-30-26(29)24(23)32-16-15-18-9-3-1-4-10-18)20-13-7-8-14-22(20)31-25(28)19-11-5-2-6-12-19/h1-14,17,27H,15-16H2. The van der Waals surface area contributed by atoms with Gasteiger partial charge < -0.3 is 14.3 Å². The van der Waals surface area contributed by atoms with Crippen LogP contribution in [0.3, 0.4) is 0 Å². The Balaban J connectivity index is 1.59. The number of rotatable bonds is 7. The van der Waals surface area contributed by atoms with E-state index < -0.39 is 11.6 Å². The van der Waals surface area contributed by atoms with Gasteiger partial charge in [-0.2, -0.15) is 0 Å². The van der Waals surface area contributed by atoms with E-state index >= 15 is 0 Å². The lowest BCUT2D eigenvalue weighted by atomic mass is 10.1. The Labute approximate surface area is 189 Å². The molecule has 0 radical (unpaired) electrons. The maximum Gasteiger partial charge on any atom is 0.353 e. The van der Waals surface area contributed by atoms with Crippen molar-refractivity contribution in [3.05, 3.63) is 113 Å². The second kappa shape index (κ2) is 10.0.